The summed E-state index contributed by atoms with van der Waals surface area (Å²) in [4.78, 5) is 0.331. The number of rotatable bonds is 5. The standard InChI is InChI=1S/C19H24N2O3S/c1-14-10-17(24-2)8-9-19(14)25(22,23)21-12-16(11-20)18(13-21)15-6-4-3-5-7-15/h3-10,16,18H,11-13,20H2,1-2H3/t16-,18+/m1/s1. The topological polar surface area (TPSA) is 72.6 Å². The van der Waals surface area contributed by atoms with Gasteiger partial charge in [0.1, 0.15) is 5.75 Å². The minimum Gasteiger partial charge on any atom is -0.497 e. The third-order valence-electron chi connectivity index (χ3n) is 4.94. The van der Waals surface area contributed by atoms with Crippen molar-refractivity contribution in [3.8, 4) is 5.75 Å². The number of nitrogens with two attached hydrogens (primary N) is 1. The molecule has 2 aromatic carbocycles. The highest BCUT2D eigenvalue weighted by Crippen LogP contribution is 2.36. The molecule has 0 aliphatic carbocycles. The molecular weight excluding hydrogens is 336 g/mol. The van der Waals surface area contributed by atoms with Gasteiger partial charge in [0.25, 0.3) is 0 Å². The summed E-state index contributed by atoms with van der Waals surface area (Å²) in [5.41, 5.74) is 7.76. The molecule has 25 heavy (non-hydrogen) atoms. The first-order valence-corrected chi connectivity index (χ1v) is 9.81. The van der Waals surface area contributed by atoms with Crippen LogP contribution in [0.2, 0.25) is 0 Å². The number of benzene rings is 2. The Hall–Kier alpha value is -1.89. The summed E-state index contributed by atoms with van der Waals surface area (Å²) < 4.78 is 33.0. The van der Waals surface area contributed by atoms with E-state index in [2.05, 4.69) is 0 Å². The van der Waals surface area contributed by atoms with Crippen molar-refractivity contribution in [2.45, 2.75) is 17.7 Å². The predicted octanol–water partition coefficient (Wildman–Crippen LogP) is 2.37. The molecule has 1 heterocycles. The lowest BCUT2D eigenvalue weighted by Crippen LogP contribution is -2.30. The molecule has 6 heteroatoms. The summed E-state index contributed by atoms with van der Waals surface area (Å²) in [6.07, 6.45) is 0. The molecule has 3 rings (SSSR count). The van der Waals surface area contributed by atoms with E-state index >= 15 is 0 Å². The second-order valence-corrected chi connectivity index (χ2v) is 8.37. The number of sulfonamides is 1. The van der Waals surface area contributed by atoms with Crippen LogP contribution in [0.4, 0.5) is 0 Å². The molecular formula is C19H24N2O3S. The average Bonchev–Trinajstić information content (AvgIpc) is 3.07. The van der Waals surface area contributed by atoms with Crippen LogP contribution in [0.5, 0.6) is 5.75 Å². The van der Waals surface area contributed by atoms with Crippen molar-refractivity contribution < 1.29 is 13.2 Å². The van der Waals surface area contributed by atoms with E-state index in [9.17, 15) is 8.42 Å². The fourth-order valence-corrected chi connectivity index (χ4v) is 5.25. The Morgan fingerprint density at radius 2 is 1.88 bits per heavy atom. The van der Waals surface area contributed by atoms with Gasteiger partial charge in [-0.1, -0.05) is 30.3 Å². The summed E-state index contributed by atoms with van der Waals surface area (Å²) >= 11 is 0. The Morgan fingerprint density at radius 1 is 1.16 bits per heavy atom. The average molecular weight is 360 g/mol. The normalized spacial score (nSPS) is 21.4. The van der Waals surface area contributed by atoms with Gasteiger partial charge in [-0.05, 0) is 48.7 Å². The third kappa shape index (κ3) is 3.42. The van der Waals surface area contributed by atoms with Gasteiger partial charge in [-0.25, -0.2) is 8.42 Å². The molecule has 0 unspecified atom stereocenters. The largest absolute Gasteiger partial charge is 0.497 e. The van der Waals surface area contributed by atoms with Crippen LogP contribution >= 0.6 is 0 Å². The van der Waals surface area contributed by atoms with E-state index in [1.807, 2.05) is 30.3 Å². The highest BCUT2D eigenvalue weighted by Gasteiger charge is 2.39. The molecule has 0 aromatic heterocycles. The van der Waals surface area contributed by atoms with Gasteiger partial charge in [-0.15, -0.1) is 0 Å². The van der Waals surface area contributed by atoms with Crippen molar-refractivity contribution in [2.75, 3.05) is 26.7 Å². The summed E-state index contributed by atoms with van der Waals surface area (Å²) in [5.74, 6) is 0.898. The molecule has 1 saturated heterocycles. The van der Waals surface area contributed by atoms with Gasteiger partial charge in [0.15, 0.2) is 0 Å². The summed E-state index contributed by atoms with van der Waals surface area (Å²) in [5, 5.41) is 0. The maximum absolute atomic E-state index is 13.1. The molecule has 1 aliphatic rings. The summed E-state index contributed by atoms with van der Waals surface area (Å²) in [6, 6.07) is 15.1. The van der Waals surface area contributed by atoms with Gasteiger partial charge >= 0.3 is 0 Å². The van der Waals surface area contributed by atoms with Crippen molar-refractivity contribution >= 4 is 10.0 Å². The van der Waals surface area contributed by atoms with Crippen LogP contribution in [0, 0.1) is 12.8 Å². The number of methoxy groups -OCH3 is 1. The Balaban J connectivity index is 1.91. The van der Waals surface area contributed by atoms with Crippen LogP contribution in [0.25, 0.3) is 0 Å². The fraction of sp³-hybridized carbons (Fsp3) is 0.368. The molecule has 0 radical (unpaired) electrons. The van der Waals surface area contributed by atoms with E-state index in [4.69, 9.17) is 10.5 Å². The minimum absolute atomic E-state index is 0.121. The zero-order chi connectivity index (χ0) is 18.0. The van der Waals surface area contributed by atoms with Gasteiger partial charge in [-0.2, -0.15) is 4.31 Å². The van der Waals surface area contributed by atoms with Crippen LogP contribution in [0.1, 0.15) is 17.0 Å². The van der Waals surface area contributed by atoms with Crippen molar-refractivity contribution in [1.82, 2.24) is 4.31 Å². The van der Waals surface area contributed by atoms with E-state index in [1.54, 1.807) is 36.5 Å². The van der Waals surface area contributed by atoms with E-state index in [-0.39, 0.29) is 11.8 Å². The fourth-order valence-electron chi connectivity index (χ4n) is 3.52. The lowest BCUT2D eigenvalue weighted by Gasteiger charge is -2.18. The molecule has 0 bridgehead atoms. The van der Waals surface area contributed by atoms with Crippen LogP contribution in [-0.4, -0.2) is 39.5 Å². The van der Waals surface area contributed by atoms with E-state index in [0.717, 1.165) is 5.56 Å². The van der Waals surface area contributed by atoms with Gasteiger partial charge in [0, 0.05) is 19.0 Å². The maximum Gasteiger partial charge on any atom is 0.243 e. The predicted molar refractivity (Wildman–Crippen MR) is 98.2 cm³/mol. The summed E-state index contributed by atoms with van der Waals surface area (Å²) in [6.45, 7) is 3.16. The monoisotopic (exact) mass is 360 g/mol. The van der Waals surface area contributed by atoms with Gasteiger partial charge in [-0.3, -0.25) is 0 Å². The Morgan fingerprint density at radius 3 is 2.48 bits per heavy atom. The molecule has 1 fully saturated rings. The Kier molecular flexibility index (Phi) is 5.13. The number of hydrogen-bond acceptors (Lipinski definition) is 4. The van der Waals surface area contributed by atoms with Crippen molar-refractivity contribution in [3.63, 3.8) is 0 Å². The van der Waals surface area contributed by atoms with Crippen molar-refractivity contribution in [3.05, 3.63) is 59.7 Å². The zero-order valence-corrected chi connectivity index (χ0v) is 15.4. The molecule has 0 spiro atoms. The van der Waals surface area contributed by atoms with E-state index < -0.39 is 10.0 Å². The highest BCUT2D eigenvalue weighted by molar-refractivity contribution is 7.89. The molecule has 2 N–H and O–H groups in total. The molecule has 134 valence electrons. The Bertz CT molecular complexity index is 837. The lowest BCUT2D eigenvalue weighted by molar-refractivity contribution is 0.413. The van der Waals surface area contributed by atoms with Crippen LogP contribution in [-0.2, 0) is 10.0 Å². The smallest absolute Gasteiger partial charge is 0.243 e. The van der Waals surface area contributed by atoms with Crippen molar-refractivity contribution in [1.29, 1.82) is 0 Å². The number of ether oxygens (including phenoxy) is 1. The zero-order valence-electron chi connectivity index (χ0n) is 14.6. The van der Waals surface area contributed by atoms with Gasteiger partial charge < -0.3 is 10.5 Å². The SMILES string of the molecule is COc1ccc(S(=O)(=O)N2C[C@@H](CN)[C@H](c3ccccc3)C2)c(C)c1. The second-order valence-electron chi connectivity index (χ2n) is 6.47. The molecule has 0 amide bonds. The van der Waals surface area contributed by atoms with Crippen molar-refractivity contribution in [2.24, 2.45) is 11.7 Å². The molecule has 0 saturated carbocycles. The van der Waals surface area contributed by atoms with Gasteiger partial charge in [0.2, 0.25) is 10.0 Å². The quantitative estimate of drug-likeness (QED) is 0.888. The van der Waals surface area contributed by atoms with E-state index in [0.29, 0.717) is 35.8 Å². The molecule has 5 nitrogen and oxygen atoms in total. The highest BCUT2D eigenvalue weighted by atomic mass is 32.2. The maximum atomic E-state index is 13.1. The first-order chi connectivity index (χ1) is 12.0. The van der Waals surface area contributed by atoms with Crippen LogP contribution in [0.3, 0.4) is 0 Å². The molecule has 2 atom stereocenters. The van der Waals surface area contributed by atoms with Crippen LogP contribution in [0.15, 0.2) is 53.4 Å². The first-order valence-electron chi connectivity index (χ1n) is 8.37. The summed E-state index contributed by atoms with van der Waals surface area (Å²) in [7, 11) is -1.99. The first kappa shape index (κ1) is 17.9. The van der Waals surface area contributed by atoms with Gasteiger partial charge in [0.05, 0.1) is 12.0 Å². The third-order valence-corrected chi connectivity index (χ3v) is 6.93. The van der Waals surface area contributed by atoms with Crippen LogP contribution < -0.4 is 10.5 Å². The Labute approximate surface area is 149 Å². The lowest BCUT2D eigenvalue weighted by atomic mass is 9.89. The molecule has 1 aliphatic heterocycles. The number of aryl methyl sites for hydroxylation is 1. The second kappa shape index (κ2) is 7.15. The minimum atomic E-state index is -3.56. The van der Waals surface area contributed by atoms with E-state index in [1.165, 1.54) is 0 Å². The molecule has 2 aromatic rings. The number of nitrogens with zero attached hydrogens (tertiary/aromatic N) is 1. The number of hydrogen-bond donors (Lipinski definition) is 1.